The molecule has 90 valence electrons. The summed E-state index contributed by atoms with van der Waals surface area (Å²) < 4.78 is 38.0. The normalized spacial score (nSPS) is 13.2. The van der Waals surface area contributed by atoms with E-state index in [1.807, 2.05) is 0 Å². The molecule has 1 atom stereocenters. The van der Waals surface area contributed by atoms with Gasteiger partial charge in [-0.05, 0) is 19.1 Å². The molecule has 0 spiro atoms. The van der Waals surface area contributed by atoms with Crippen molar-refractivity contribution in [3.63, 3.8) is 0 Å². The van der Waals surface area contributed by atoms with E-state index in [0.29, 0.717) is 16.9 Å². The number of H-pyrrole nitrogens is 1. The second-order valence-electron chi connectivity index (χ2n) is 3.80. The largest absolute Gasteiger partial charge is 0.338 e. The maximum atomic E-state index is 13.0. The van der Waals surface area contributed by atoms with Crippen molar-refractivity contribution in [2.24, 2.45) is 0 Å². The topological polar surface area (TPSA) is 28.7 Å². The van der Waals surface area contributed by atoms with Crippen LogP contribution >= 0.6 is 0 Å². The fourth-order valence-corrected chi connectivity index (χ4v) is 1.50. The van der Waals surface area contributed by atoms with Crippen LogP contribution in [0.15, 0.2) is 24.8 Å². The molecule has 2 rings (SSSR count). The fraction of sp³-hybridized carbons (Fsp3) is 0.250. The minimum atomic E-state index is -2.53. The number of fused-ring (bicyclic) bond motifs is 1. The van der Waals surface area contributed by atoms with Crippen LogP contribution in [0.5, 0.6) is 0 Å². The Morgan fingerprint density at radius 3 is 2.65 bits per heavy atom. The molecule has 1 aromatic carbocycles. The zero-order chi connectivity index (χ0) is 12.6. The number of aromatic nitrogens is 2. The number of halogens is 3. The molecule has 0 aliphatic heterocycles. The van der Waals surface area contributed by atoms with E-state index in [1.54, 1.807) is 0 Å². The number of benzene rings is 1. The Morgan fingerprint density at radius 2 is 2.06 bits per heavy atom. The summed E-state index contributed by atoms with van der Waals surface area (Å²) in [5.41, 5.74) is 1.09. The third kappa shape index (κ3) is 2.18. The van der Waals surface area contributed by atoms with Gasteiger partial charge in [0.25, 0.3) is 6.43 Å². The van der Waals surface area contributed by atoms with Crippen LogP contribution in [0.3, 0.4) is 0 Å². The highest BCUT2D eigenvalue weighted by molar-refractivity contribution is 5.79. The molecule has 1 aromatic heterocycles. The summed E-state index contributed by atoms with van der Waals surface area (Å²) in [4.78, 5) is 6.88. The van der Waals surface area contributed by atoms with E-state index < -0.39 is 12.6 Å². The molecule has 0 fully saturated rings. The molecule has 17 heavy (non-hydrogen) atoms. The molecule has 2 aromatic rings. The number of rotatable bonds is 3. The van der Waals surface area contributed by atoms with Crippen LogP contribution in [0.4, 0.5) is 13.2 Å². The van der Waals surface area contributed by atoms with E-state index in [1.165, 1.54) is 25.1 Å². The number of nitrogens with one attached hydrogen (secondary N) is 1. The number of nitrogens with zero attached hydrogens (tertiary/aromatic N) is 1. The highest BCUT2D eigenvalue weighted by atomic mass is 19.3. The minimum absolute atomic E-state index is 0.0911. The van der Waals surface area contributed by atoms with E-state index in [4.69, 9.17) is 0 Å². The van der Waals surface area contributed by atoms with Crippen LogP contribution < -0.4 is 0 Å². The summed E-state index contributed by atoms with van der Waals surface area (Å²) in [7, 11) is 0. The Bertz CT molecular complexity index is 558. The zero-order valence-corrected chi connectivity index (χ0v) is 9.17. The van der Waals surface area contributed by atoms with Crippen LogP contribution in [0.1, 0.15) is 24.7 Å². The summed E-state index contributed by atoms with van der Waals surface area (Å²) >= 11 is 0. The lowest BCUT2D eigenvalue weighted by Gasteiger charge is -2.00. The standard InChI is InChI=1S/C12H11F3N2/c1-6(7(2)13)12-16-9-4-3-8(11(14)15)5-10(9)17-12/h3-5,7,11H,1H2,2H3,(H,16,17). The number of alkyl halides is 3. The summed E-state index contributed by atoms with van der Waals surface area (Å²) in [6.45, 7) is 4.91. The average Bonchev–Trinajstić information content (AvgIpc) is 2.69. The molecule has 1 unspecified atom stereocenters. The molecular formula is C12H11F3N2. The van der Waals surface area contributed by atoms with Crippen molar-refractivity contribution in [3.05, 3.63) is 36.2 Å². The Balaban J connectivity index is 2.47. The summed E-state index contributed by atoms with van der Waals surface area (Å²) in [6.07, 6.45) is -3.76. The summed E-state index contributed by atoms with van der Waals surface area (Å²) in [6, 6.07) is 4.10. The van der Waals surface area contributed by atoms with Gasteiger partial charge in [0, 0.05) is 11.1 Å². The van der Waals surface area contributed by atoms with Crippen molar-refractivity contribution in [1.29, 1.82) is 0 Å². The van der Waals surface area contributed by atoms with Gasteiger partial charge in [-0.2, -0.15) is 0 Å². The van der Waals surface area contributed by atoms with Gasteiger partial charge in [0.2, 0.25) is 0 Å². The highest BCUT2D eigenvalue weighted by Crippen LogP contribution is 2.24. The summed E-state index contributed by atoms with van der Waals surface area (Å²) in [5, 5.41) is 0. The SMILES string of the molecule is C=C(c1nc2ccc(C(F)F)cc2[nH]1)C(C)F. The molecule has 0 radical (unpaired) electrons. The van der Waals surface area contributed by atoms with Gasteiger partial charge in [-0.25, -0.2) is 18.2 Å². The van der Waals surface area contributed by atoms with Crippen molar-refractivity contribution >= 4 is 16.6 Å². The van der Waals surface area contributed by atoms with Crippen LogP contribution in [-0.2, 0) is 0 Å². The lowest BCUT2D eigenvalue weighted by molar-refractivity contribution is 0.151. The Labute approximate surface area is 96.2 Å². The molecule has 0 bridgehead atoms. The first-order chi connectivity index (χ1) is 7.99. The smallest absolute Gasteiger partial charge is 0.263 e. The lowest BCUT2D eigenvalue weighted by Crippen LogP contribution is -1.97. The van der Waals surface area contributed by atoms with Crippen LogP contribution in [0.2, 0.25) is 0 Å². The van der Waals surface area contributed by atoms with Gasteiger partial charge in [0.15, 0.2) is 0 Å². The van der Waals surface area contributed by atoms with Gasteiger partial charge in [-0.1, -0.05) is 12.6 Å². The molecular weight excluding hydrogens is 229 g/mol. The average molecular weight is 240 g/mol. The molecule has 5 heteroatoms. The van der Waals surface area contributed by atoms with E-state index in [0.717, 1.165) is 0 Å². The molecule has 0 amide bonds. The van der Waals surface area contributed by atoms with Crippen molar-refractivity contribution < 1.29 is 13.2 Å². The Kier molecular flexibility index (Phi) is 2.92. The minimum Gasteiger partial charge on any atom is -0.338 e. The third-order valence-electron chi connectivity index (χ3n) is 2.54. The molecule has 0 saturated heterocycles. The van der Waals surface area contributed by atoms with Crippen molar-refractivity contribution in [3.8, 4) is 0 Å². The molecule has 1 heterocycles. The zero-order valence-electron chi connectivity index (χ0n) is 9.17. The Hall–Kier alpha value is -1.78. The van der Waals surface area contributed by atoms with E-state index in [9.17, 15) is 13.2 Å². The second-order valence-corrected chi connectivity index (χ2v) is 3.80. The first kappa shape index (κ1) is 11.7. The first-order valence-corrected chi connectivity index (χ1v) is 5.10. The first-order valence-electron chi connectivity index (χ1n) is 5.10. The molecule has 1 N–H and O–H groups in total. The number of hydrogen-bond acceptors (Lipinski definition) is 1. The van der Waals surface area contributed by atoms with Gasteiger partial charge >= 0.3 is 0 Å². The van der Waals surface area contributed by atoms with Gasteiger partial charge in [-0.3, -0.25) is 0 Å². The number of aromatic amines is 1. The van der Waals surface area contributed by atoms with Gasteiger partial charge < -0.3 is 4.98 Å². The Morgan fingerprint density at radius 1 is 1.35 bits per heavy atom. The molecule has 2 nitrogen and oxygen atoms in total. The molecule has 0 aliphatic rings. The quantitative estimate of drug-likeness (QED) is 0.866. The number of allylic oxidation sites excluding steroid dienone is 1. The maximum absolute atomic E-state index is 13.0. The lowest BCUT2D eigenvalue weighted by atomic mass is 10.2. The van der Waals surface area contributed by atoms with Gasteiger partial charge in [0.1, 0.15) is 12.0 Å². The van der Waals surface area contributed by atoms with E-state index in [-0.39, 0.29) is 11.1 Å². The van der Waals surface area contributed by atoms with Crippen molar-refractivity contribution in [2.75, 3.05) is 0 Å². The van der Waals surface area contributed by atoms with Gasteiger partial charge in [0.05, 0.1) is 11.0 Å². The summed E-state index contributed by atoms with van der Waals surface area (Å²) in [5.74, 6) is 0.293. The monoisotopic (exact) mass is 240 g/mol. The second kappa shape index (κ2) is 4.24. The van der Waals surface area contributed by atoms with Crippen LogP contribution in [0.25, 0.3) is 16.6 Å². The number of hydrogen-bond donors (Lipinski definition) is 1. The third-order valence-corrected chi connectivity index (χ3v) is 2.54. The van der Waals surface area contributed by atoms with Crippen LogP contribution in [-0.4, -0.2) is 16.1 Å². The molecule has 0 saturated carbocycles. The predicted octanol–water partition coefficient (Wildman–Crippen LogP) is 3.87. The van der Waals surface area contributed by atoms with Crippen molar-refractivity contribution in [2.45, 2.75) is 19.5 Å². The van der Waals surface area contributed by atoms with Crippen molar-refractivity contribution in [1.82, 2.24) is 9.97 Å². The van der Waals surface area contributed by atoms with E-state index >= 15 is 0 Å². The molecule has 0 aliphatic carbocycles. The van der Waals surface area contributed by atoms with Gasteiger partial charge in [-0.15, -0.1) is 0 Å². The number of imidazole rings is 1. The fourth-order valence-electron chi connectivity index (χ4n) is 1.50. The van der Waals surface area contributed by atoms with Crippen LogP contribution in [0, 0.1) is 0 Å². The van der Waals surface area contributed by atoms with E-state index in [2.05, 4.69) is 16.5 Å². The maximum Gasteiger partial charge on any atom is 0.263 e. The highest BCUT2D eigenvalue weighted by Gasteiger charge is 2.13. The predicted molar refractivity (Wildman–Crippen MR) is 60.7 cm³/mol.